The minimum Gasteiger partial charge on any atom is -0.378 e. The number of carbonyl (C=O) groups excluding carboxylic acids is 1. The third kappa shape index (κ3) is 5.03. The molecule has 2 aliphatic heterocycles. The van der Waals surface area contributed by atoms with E-state index in [1.165, 1.54) is 36.0 Å². The third-order valence-electron chi connectivity index (χ3n) is 5.92. The van der Waals surface area contributed by atoms with Crippen molar-refractivity contribution in [3.05, 3.63) is 62.7 Å². The van der Waals surface area contributed by atoms with Crippen molar-refractivity contribution in [3.8, 4) is 6.07 Å². The van der Waals surface area contributed by atoms with Gasteiger partial charge in [-0.15, -0.1) is 11.8 Å². The molecule has 4 rings (SSSR count). The number of non-ortho nitro benzene ring substituents is 1. The summed E-state index contributed by atoms with van der Waals surface area (Å²) in [5.41, 5.74) is 3.64. The fraction of sp³-hybridized carbons (Fsp3) is 0.417. The summed E-state index contributed by atoms with van der Waals surface area (Å²) in [6.07, 6.45) is 0.618. The van der Waals surface area contributed by atoms with E-state index < -0.39 is 4.92 Å². The average molecular weight is 468 g/mol. The summed E-state index contributed by atoms with van der Waals surface area (Å²) < 4.78 is 11.6. The Hall–Kier alpha value is -2.93. The number of thioether (sulfide) groups is 1. The zero-order chi connectivity index (χ0) is 23.6. The van der Waals surface area contributed by atoms with Crippen molar-refractivity contribution in [2.24, 2.45) is 0 Å². The van der Waals surface area contributed by atoms with Gasteiger partial charge in [-0.3, -0.25) is 14.9 Å². The molecule has 0 spiro atoms. The van der Waals surface area contributed by atoms with E-state index in [2.05, 4.69) is 11.0 Å². The summed E-state index contributed by atoms with van der Waals surface area (Å²) in [5, 5.41) is 20.9. The number of benzene rings is 2. The lowest BCUT2D eigenvalue weighted by atomic mass is 9.87. The van der Waals surface area contributed by atoms with E-state index in [0.29, 0.717) is 37.4 Å². The van der Waals surface area contributed by atoms with Gasteiger partial charge in [0.2, 0.25) is 0 Å². The molecule has 0 aliphatic carbocycles. The van der Waals surface area contributed by atoms with Crippen molar-refractivity contribution >= 4 is 28.9 Å². The maximum atomic E-state index is 12.8. The SMILES string of the molecule is CC1(C)Cc2c(C#N)c(SCC(=O)c3ccc([N+](=O)[O-])cc3)cc(N3CCOCC3)c2CO1. The van der Waals surface area contributed by atoms with Crippen LogP contribution in [0.2, 0.25) is 0 Å². The molecule has 0 bridgehead atoms. The van der Waals surface area contributed by atoms with Crippen molar-refractivity contribution < 1.29 is 19.2 Å². The number of ketones is 1. The van der Waals surface area contributed by atoms with Crippen LogP contribution in [0.25, 0.3) is 0 Å². The van der Waals surface area contributed by atoms with Crippen LogP contribution in [0.3, 0.4) is 0 Å². The van der Waals surface area contributed by atoms with Crippen molar-refractivity contribution in [3.63, 3.8) is 0 Å². The Morgan fingerprint density at radius 3 is 2.58 bits per heavy atom. The Morgan fingerprint density at radius 1 is 1.24 bits per heavy atom. The molecule has 172 valence electrons. The largest absolute Gasteiger partial charge is 0.378 e. The molecule has 1 fully saturated rings. The number of ether oxygens (including phenoxy) is 2. The zero-order valence-corrected chi connectivity index (χ0v) is 19.4. The van der Waals surface area contributed by atoms with Gasteiger partial charge in [0, 0.05) is 53.4 Å². The number of fused-ring (bicyclic) bond motifs is 1. The van der Waals surface area contributed by atoms with Crippen molar-refractivity contribution in [1.82, 2.24) is 0 Å². The second-order valence-corrected chi connectivity index (χ2v) is 9.70. The molecule has 0 atom stereocenters. The molecule has 0 aromatic heterocycles. The van der Waals surface area contributed by atoms with Crippen LogP contribution in [0.5, 0.6) is 0 Å². The fourth-order valence-corrected chi connectivity index (χ4v) is 5.12. The molecule has 9 heteroatoms. The Balaban J connectivity index is 1.64. The van der Waals surface area contributed by atoms with E-state index in [0.717, 1.165) is 34.8 Å². The number of hydrogen-bond acceptors (Lipinski definition) is 8. The lowest BCUT2D eigenvalue weighted by Gasteiger charge is -2.37. The second kappa shape index (κ2) is 9.51. The molecule has 2 aromatic rings. The van der Waals surface area contributed by atoms with Crippen LogP contribution < -0.4 is 4.90 Å². The lowest BCUT2D eigenvalue weighted by Crippen LogP contribution is -2.39. The van der Waals surface area contributed by atoms with Crippen molar-refractivity contribution in [2.45, 2.75) is 37.4 Å². The molecular formula is C24H25N3O5S. The smallest absolute Gasteiger partial charge is 0.269 e. The van der Waals surface area contributed by atoms with Gasteiger partial charge in [-0.2, -0.15) is 5.26 Å². The molecule has 8 nitrogen and oxygen atoms in total. The molecule has 2 aromatic carbocycles. The van der Waals surface area contributed by atoms with E-state index in [1.54, 1.807) is 0 Å². The second-order valence-electron chi connectivity index (χ2n) is 8.68. The van der Waals surface area contributed by atoms with Crippen LogP contribution >= 0.6 is 11.8 Å². The van der Waals surface area contributed by atoms with Crippen LogP contribution in [0.1, 0.15) is 40.9 Å². The minimum absolute atomic E-state index is 0.0550. The molecular weight excluding hydrogens is 442 g/mol. The van der Waals surface area contributed by atoms with Crippen LogP contribution in [-0.4, -0.2) is 48.4 Å². The van der Waals surface area contributed by atoms with Gasteiger partial charge in [0.15, 0.2) is 5.78 Å². The van der Waals surface area contributed by atoms with Gasteiger partial charge in [-0.25, -0.2) is 0 Å². The van der Waals surface area contributed by atoms with Gasteiger partial charge in [0.05, 0.1) is 41.7 Å². The fourth-order valence-electron chi connectivity index (χ4n) is 4.16. The first-order valence-corrected chi connectivity index (χ1v) is 11.7. The van der Waals surface area contributed by atoms with E-state index in [4.69, 9.17) is 9.47 Å². The Bertz CT molecular complexity index is 1120. The number of nitriles is 1. The Kier molecular flexibility index (Phi) is 6.70. The predicted molar refractivity (Wildman–Crippen MR) is 125 cm³/mol. The topological polar surface area (TPSA) is 106 Å². The number of anilines is 1. The number of Topliss-reactive ketones (excluding diaryl/α,β-unsaturated/α-hetero) is 1. The summed E-state index contributed by atoms with van der Waals surface area (Å²) >= 11 is 1.33. The number of hydrogen-bond donors (Lipinski definition) is 0. The van der Waals surface area contributed by atoms with Gasteiger partial charge in [-0.05, 0) is 37.6 Å². The molecule has 0 saturated carbocycles. The molecule has 2 heterocycles. The van der Waals surface area contributed by atoms with Gasteiger partial charge in [0.1, 0.15) is 6.07 Å². The molecule has 2 aliphatic rings. The monoisotopic (exact) mass is 467 g/mol. The van der Waals surface area contributed by atoms with E-state index in [1.807, 2.05) is 19.9 Å². The standard InChI is InChI=1S/C24H25N3O5S/c1-24(2)12-18-19(13-25)23(11-21(20(18)14-32-24)26-7-9-31-10-8-26)33-15-22(28)16-3-5-17(6-4-16)27(29)30/h3-6,11H,7-10,12,14-15H2,1-2H3. The van der Waals surface area contributed by atoms with Gasteiger partial charge in [-0.1, -0.05) is 0 Å². The Labute approximate surface area is 196 Å². The van der Waals surface area contributed by atoms with Crippen LogP contribution in [0, 0.1) is 21.4 Å². The highest BCUT2D eigenvalue weighted by Crippen LogP contribution is 2.41. The van der Waals surface area contributed by atoms with E-state index in [9.17, 15) is 20.2 Å². The first-order valence-electron chi connectivity index (χ1n) is 10.7. The van der Waals surface area contributed by atoms with Crippen LogP contribution in [0.4, 0.5) is 11.4 Å². The maximum absolute atomic E-state index is 12.8. The highest BCUT2D eigenvalue weighted by Gasteiger charge is 2.32. The highest BCUT2D eigenvalue weighted by atomic mass is 32.2. The average Bonchev–Trinajstić information content (AvgIpc) is 2.81. The van der Waals surface area contributed by atoms with E-state index in [-0.39, 0.29) is 22.8 Å². The summed E-state index contributed by atoms with van der Waals surface area (Å²) in [7, 11) is 0. The predicted octanol–water partition coefficient (Wildman–Crippen LogP) is 4.13. The maximum Gasteiger partial charge on any atom is 0.269 e. The molecule has 0 amide bonds. The number of rotatable bonds is 6. The third-order valence-corrected chi connectivity index (χ3v) is 6.96. The van der Waals surface area contributed by atoms with Crippen LogP contribution in [0.15, 0.2) is 35.2 Å². The molecule has 1 saturated heterocycles. The lowest BCUT2D eigenvalue weighted by molar-refractivity contribution is -0.384. The normalized spacial score (nSPS) is 17.2. The zero-order valence-electron chi connectivity index (χ0n) is 18.6. The summed E-state index contributed by atoms with van der Waals surface area (Å²) in [6.45, 7) is 7.27. The number of carbonyl (C=O) groups is 1. The molecule has 33 heavy (non-hydrogen) atoms. The number of nitro benzene ring substituents is 1. The number of nitrogens with zero attached hydrogens (tertiary/aromatic N) is 3. The highest BCUT2D eigenvalue weighted by molar-refractivity contribution is 8.00. The van der Waals surface area contributed by atoms with Gasteiger partial charge >= 0.3 is 0 Å². The summed E-state index contributed by atoms with van der Waals surface area (Å²) in [6, 6.07) is 9.97. The number of morpholine rings is 1. The van der Waals surface area contributed by atoms with Crippen LogP contribution in [-0.2, 0) is 22.5 Å². The first kappa shape index (κ1) is 23.2. The minimum atomic E-state index is -0.492. The van der Waals surface area contributed by atoms with Crippen molar-refractivity contribution in [2.75, 3.05) is 37.0 Å². The van der Waals surface area contributed by atoms with Gasteiger partial charge < -0.3 is 14.4 Å². The van der Waals surface area contributed by atoms with Crippen molar-refractivity contribution in [1.29, 1.82) is 5.26 Å². The Morgan fingerprint density at radius 2 is 1.94 bits per heavy atom. The quantitative estimate of drug-likeness (QED) is 0.270. The van der Waals surface area contributed by atoms with E-state index >= 15 is 0 Å². The first-order chi connectivity index (χ1) is 15.8. The number of nitro groups is 1. The van der Waals surface area contributed by atoms with Gasteiger partial charge in [0.25, 0.3) is 5.69 Å². The summed E-state index contributed by atoms with van der Waals surface area (Å²) in [4.78, 5) is 26.1. The molecule has 0 radical (unpaired) electrons. The molecule has 0 unspecified atom stereocenters. The summed E-state index contributed by atoms with van der Waals surface area (Å²) in [5.74, 6) is -0.0126. The molecule has 0 N–H and O–H groups in total.